The van der Waals surface area contributed by atoms with Crippen LogP contribution in [0.2, 0.25) is 0 Å². The molecule has 1 aliphatic carbocycles. The highest BCUT2D eigenvalue weighted by molar-refractivity contribution is 7.22. The predicted molar refractivity (Wildman–Crippen MR) is 173 cm³/mol. The molecule has 0 unspecified atom stereocenters. The maximum absolute atomic E-state index is 13.1. The summed E-state index contributed by atoms with van der Waals surface area (Å²) in [4.78, 5) is 29.9. The second-order valence-corrected chi connectivity index (χ2v) is 13.8. The van der Waals surface area contributed by atoms with Gasteiger partial charge in [0, 0.05) is 35.7 Å². The molecule has 44 heavy (non-hydrogen) atoms. The Kier molecular flexibility index (Phi) is 7.79. The van der Waals surface area contributed by atoms with Crippen LogP contribution in [-0.4, -0.2) is 66.8 Å². The van der Waals surface area contributed by atoms with Crippen molar-refractivity contribution in [1.82, 2.24) is 29.5 Å². The van der Waals surface area contributed by atoms with E-state index in [9.17, 15) is 9.90 Å². The van der Waals surface area contributed by atoms with Gasteiger partial charge in [0.05, 0.1) is 41.4 Å². The van der Waals surface area contributed by atoms with Crippen LogP contribution in [0, 0.1) is 6.92 Å². The zero-order valence-electron chi connectivity index (χ0n) is 24.4. The Hall–Kier alpha value is -3.91. The van der Waals surface area contributed by atoms with E-state index in [1.807, 2.05) is 54.9 Å². The molecule has 0 saturated heterocycles. The maximum Gasteiger partial charge on any atom is 0.253 e. The van der Waals surface area contributed by atoms with Crippen LogP contribution >= 0.6 is 34.0 Å². The summed E-state index contributed by atoms with van der Waals surface area (Å²) < 4.78 is 14.5. The average Bonchev–Trinajstić information content (AvgIpc) is 3.82. The number of carbonyl (C=O) groups is 1. The van der Waals surface area contributed by atoms with Crippen molar-refractivity contribution in [1.29, 1.82) is 0 Å². The van der Waals surface area contributed by atoms with Crippen molar-refractivity contribution in [2.24, 2.45) is 0 Å². The van der Waals surface area contributed by atoms with Crippen molar-refractivity contribution in [2.45, 2.75) is 51.4 Å². The molecule has 1 saturated carbocycles. The number of aliphatic hydroxyl groups is 1. The van der Waals surface area contributed by atoms with Crippen molar-refractivity contribution in [3.8, 4) is 32.8 Å². The highest BCUT2D eigenvalue weighted by Crippen LogP contribution is 2.39. The fourth-order valence-corrected chi connectivity index (χ4v) is 8.03. The van der Waals surface area contributed by atoms with E-state index >= 15 is 0 Å². The number of rotatable bonds is 8. The molecule has 1 N–H and O–H groups in total. The molecule has 4 heterocycles. The van der Waals surface area contributed by atoms with Gasteiger partial charge in [-0.1, -0.05) is 36.3 Å². The van der Waals surface area contributed by atoms with E-state index in [-0.39, 0.29) is 18.6 Å². The molecule has 1 aliphatic rings. The first kappa shape index (κ1) is 28.8. The second-order valence-electron chi connectivity index (χ2n) is 10.8. The van der Waals surface area contributed by atoms with Gasteiger partial charge < -0.3 is 19.5 Å². The first-order valence-corrected chi connectivity index (χ1v) is 16.8. The maximum atomic E-state index is 13.1. The summed E-state index contributed by atoms with van der Waals surface area (Å²) in [5.74, 6) is 1.25. The molecule has 2 aromatic carbocycles. The van der Waals surface area contributed by atoms with E-state index < -0.39 is 6.10 Å². The second kappa shape index (κ2) is 11.9. The number of imidazole rings is 1. The van der Waals surface area contributed by atoms with Crippen LogP contribution < -0.4 is 9.47 Å². The lowest BCUT2D eigenvalue weighted by molar-refractivity contribution is 0.0268. The molecule has 10 nitrogen and oxygen atoms in total. The summed E-state index contributed by atoms with van der Waals surface area (Å²) in [6, 6.07) is 11.1. The molecule has 1 amide bonds. The number of amides is 1. The third kappa shape index (κ3) is 5.56. The molecule has 226 valence electrons. The topological polar surface area (TPSA) is 115 Å². The molecule has 2 atom stereocenters. The minimum absolute atomic E-state index is 0.0777. The molecular weight excluding hydrogens is 617 g/mol. The SMILES string of the molecule is COc1cc(OCc2csc(-c3ccc(C(=O)N(C)[C@@H]4CCCC[C@H]4O)cc3)n2)c2sc(-c3cn4nc(C)sc4n3)nc2c1. The smallest absolute Gasteiger partial charge is 0.253 e. The van der Waals surface area contributed by atoms with E-state index in [1.54, 1.807) is 23.6 Å². The molecule has 0 spiro atoms. The molecule has 0 radical (unpaired) electrons. The molecule has 0 aliphatic heterocycles. The molecule has 6 aromatic rings. The van der Waals surface area contributed by atoms with Gasteiger partial charge in [-0.3, -0.25) is 4.79 Å². The van der Waals surface area contributed by atoms with E-state index in [2.05, 4.69) is 5.10 Å². The van der Waals surface area contributed by atoms with Gasteiger partial charge in [0.1, 0.15) is 38.8 Å². The Labute approximate surface area is 265 Å². The van der Waals surface area contributed by atoms with Gasteiger partial charge in [0.15, 0.2) is 0 Å². The van der Waals surface area contributed by atoms with Crippen molar-refractivity contribution in [3.63, 3.8) is 0 Å². The van der Waals surface area contributed by atoms with Gasteiger partial charge in [-0.2, -0.15) is 5.10 Å². The zero-order chi connectivity index (χ0) is 30.4. The third-order valence-electron chi connectivity index (χ3n) is 7.85. The summed E-state index contributed by atoms with van der Waals surface area (Å²) in [6.45, 7) is 2.24. The molecule has 13 heteroatoms. The predicted octanol–water partition coefficient (Wildman–Crippen LogP) is 6.46. The molecule has 4 aromatic heterocycles. The van der Waals surface area contributed by atoms with Crippen molar-refractivity contribution >= 4 is 55.1 Å². The minimum Gasteiger partial charge on any atom is -0.497 e. The van der Waals surface area contributed by atoms with Crippen LogP contribution in [0.15, 0.2) is 48.0 Å². The summed E-state index contributed by atoms with van der Waals surface area (Å²) >= 11 is 4.59. The third-order valence-corrected chi connectivity index (χ3v) is 10.7. The highest BCUT2D eigenvalue weighted by Gasteiger charge is 2.30. The molecule has 7 rings (SSSR count). The van der Waals surface area contributed by atoms with Crippen LogP contribution in [0.5, 0.6) is 11.5 Å². The number of hydrogen-bond acceptors (Lipinski definition) is 11. The van der Waals surface area contributed by atoms with E-state index in [0.717, 1.165) is 72.8 Å². The summed E-state index contributed by atoms with van der Waals surface area (Å²) in [5.41, 5.74) is 3.87. The number of likely N-dealkylation sites (N-methyl/N-ethyl adjacent to an activating group) is 1. The van der Waals surface area contributed by atoms with Crippen LogP contribution in [0.25, 0.3) is 36.5 Å². The van der Waals surface area contributed by atoms with Crippen molar-refractivity contribution in [3.05, 3.63) is 64.2 Å². The number of aromatic nitrogens is 5. The van der Waals surface area contributed by atoms with Crippen LogP contribution in [0.4, 0.5) is 0 Å². The van der Waals surface area contributed by atoms with Crippen molar-refractivity contribution in [2.75, 3.05) is 14.2 Å². The lowest BCUT2D eigenvalue weighted by Gasteiger charge is -2.35. The fraction of sp³-hybridized carbons (Fsp3) is 0.323. The van der Waals surface area contributed by atoms with Crippen LogP contribution in [0.3, 0.4) is 0 Å². The van der Waals surface area contributed by atoms with Crippen molar-refractivity contribution < 1.29 is 19.4 Å². The number of ether oxygens (including phenoxy) is 2. The lowest BCUT2D eigenvalue weighted by atomic mass is 9.91. The zero-order valence-corrected chi connectivity index (χ0v) is 26.8. The summed E-state index contributed by atoms with van der Waals surface area (Å²) in [6.07, 6.45) is 5.05. The molecule has 1 fully saturated rings. The first-order valence-electron chi connectivity index (χ1n) is 14.3. The summed E-state index contributed by atoms with van der Waals surface area (Å²) in [7, 11) is 3.41. The number of hydrogen-bond donors (Lipinski definition) is 1. The minimum atomic E-state index is -0.463. The Morgan fingerprint density at radius 2 is 1.91 bits per heavy atom. The van der Waals surface area contributed by atoms with Gasteiger partial charge in [0.2, 0.25) is 4.96 Å². The van der Waals surface area contributed by atoms with Gasteiger partial charge >= 0.3 is 0 Å². The number of nitrogens with zero attached hydrogens (tertiary/aromatic N) is 6. The largest absolute Gasteiger partial charge is 0.497 e. The Bertz CT molecular complexity index is 1930. The van der Waals surface area contributed by atoms with Gasteiger partial charge in [-0.25, -0.2) is 19.5 Å². The number of aryl methyl sites for hydroxylation is 1. The molecular formula is C31H30N6O4S3. The van der Waals surface area contributed by atoms with E-state index in [4.69, 9.17) is 24.4 Å². The number of fused-ring (bicyclic) bond motifs is 2. The monoisotopic (exact) mass is 646 g/mol. The Balaban J connectivity index is 1.06. The Morgan fingerprint density at radius 3 is 2.68 bits per heavy atom. The quantitative estimate of drug-likeness (QED) is 0.200. The normalized spacial score (nSPS) is 16.9. The Morgan fingerprint density at radius 1 is 1.09 bits per heavy atom. The number of benzene rings is 2. The standard InChI is InChI=1S/C31H30N6O4S3/c1-17-35-37-14-23(34-31(37)43-17)29-33-22-12-21(40-3)13-26(27(22)44-29)41-15-20-16-42-28(32-20)18-8-10-19(11-9-18)30(39)36(2)24-6-4-5-7-25(24)38/h8-14,16,24-25,38H,4-7,15H2,1-3H3/t24-,25-/m1/s1. The van der Waals surface area contributed by atoms with E-state index in [1.165, 1.54) is 34.0 Å². The number of thiazole rings is 2. The average molecular weight is 647 g/mol. The van der Waals surface area contributed by atoms with Gasteiger partial charge in [0.25, 0.3) is 5.91 Å². The number of carbonyl (C=O) groups excluding carboxylic acids is 1. The number of methoxy groups -OCH3 is 1. The van der Waals surface area contributed by atoms with E-state index in [0.29, 0.717) is 17.1 Å². The number of aliphatic hydroxyl groups excluding tert-OH is 1. The van der Waals surface area contributed by atoms with Crippen LogP contribution in [0.1, 0.15) is 46.7 Å². The van der Waals surface area contributed by atoms with Crippen LogP contribution in [-0.2, 0) is 6.61 Å². The van der Waals surface area contributed by atoms with Gasteiger partial charge in [-0.15, -0.1) is 22.7 Å². The highest BCUT2D eigenvalue weighted by atomic mass is 32.1. The molecule has 0 bridgehead atoms. The summed E-state index contributed by atoms with van der Waals surface area (Å²) in [5, 5.41) is 19.4. The lowest BCUT2D eigenvalue weighted by Crippen LogP contribution is -2.46. The fourth-order valence-electron chi connectivity index (χ4n) is 5.53. The van der Waals surface area contributed by atoms with Gasteiger partial charge in [-0.05, 0) is 31.9 Å². The first-order chi connectivity index (χ1) is 21.4.